The van der Waals surface area contributed by atoms with Crippen LogP contribution in [-0.2, 0) is 5.41 Å². The van der Waals surface area contributed by atoms with Crippen molar-refractivity contribution in [2.24, 2.45) is 0 Å². The van der Waals surface area contributed by atoms with Crippen LogP contribution in [0, 0.1) is 0 Å². The highest BCUT2D eigenvalue weighted by Crippen LogP contribution is 2.24. The second-order valence-corrected chi connectivity index (χ2v) is 5.92. The summed E-state index contributed by atoms with van der Waals surface area (Å²) in [7, 11) is 0. The molecule has 0 spiro atoms. The van der Waals surface area contributed by atoms with Crippen LogP contribution in [0.25, 0.3) is 0 Å². The fraction of sp³-hybridized carbons (Fsp3) is 0.667. The molecule has 0 aromatic carbocycles. The minimum absolute atomic E-state index is 0.134. The van der Waals surface area contributed by atoms with Crippen molar-refractivity contribution in [2.45, 2.75) is 52.6 Å². The van der Waals surface area contributed by atoms with Crippen molar-refractivity contribution in [3.8, 4) is 5.88 Å². The van der Waals surface area contributed by atoms with Gasteiger partial charge in [0.2, 0.25) is 5.88 Å². The molecule has 0 radical (unpaired) electrons. The Morgan fingerprint density at radius 1 is 1.06 bits per heavy atom. The normalized spacial score (nSPS) is 12.6. The quantitative estimate of drug-likeness (QED) is 0.794. The lowest BCUT2D eigenvalue weighted by Crippen LogP contribution is -2.25. The summed E-state index contributed by atoms with van der Waals surface area (Å²) in [5.41, 5.74) is 5.33. The van der Waals surface area contributed by atoms with Crippen molar-refractivity contribution in [3.05, 3.63) is 11.9 Å². The number of ether oxygens (including phenoxy) is 1. The molecule has 2 N–H and O–H groups in total. The molecule has 0 bridgehead atoms. The van der Waals surface area contributed by atoms with E-state index < -0.39 is 0 Å². The number of rotatable bonds is 1. The van der Waals surface area contributed by atoms with Crippen LogP contribution in [0.3, 0.4) is 0 Å². The van der Waals surface area contributed by atoms with Gasteiger partial charge < -0.3 is 10.5 Å². The zero-order chi connectivity index (χ0) is 12.6. The first-order valence-corrected chi connectivity index (χ1v) is 5.42. The Hall–Kier alpha value is -1.32. The van der Waals surface area contributed by atoms with Crippen molar-refractivity contribution in [1.29, 1.82) is 0 Å². The van der Waals surface area contributed by atoms with Gasteiger partial charge in [0.15, 0.2) is 0 Å². The van der Waals surface area contributed by atoms with E-state index in [2.05, 4.69) is 9.97 Å². The van der Waals surface area contributed by atoms with Crippen molar-refractivity contribution in [1.82, 2.24) is 9.97 Å². The maximum atomic E-state index is 5.74. The molecule has 4 nitrogen and oxygen atoms in total. The summed E-state index contributed by atoms with van der Waals surface area (Å²) in [5.74, 6) is 1.68. The Morgan fingerprint density at radius 2 is 1.62 bits per heavy atom. The lowest BCUT2D eigenvalue weighted by molar-refractivity contribution is 0.123. The highest BCUT2D eigenvalue weighted by atomic mass is 16.5. The molecule has 1 aromatic rings. The number of nitrogen functional groups attached to an aromatic ring is 1. The van der Waals surface area contributed by atoms with Crippen LogP contribution in [0.15, 0.2) is 6.07 Å². The molecule has 0 unspecified atom stereocenters. The Balaban J connectivity index is 3.09. The molecule has 0 saturated carbocycles. The van der Waals surface area contributed by atoms with E-state index in [4.69, 9.17) is 10.5 Å². The largest absolute Gasteiger partial charge is 0.472 e. The predicted molar refractivity (Wildman–Crippen MR) is 65.5 cm³/mol. The van der Waals surface area contributed by atoms with Gasteiger partial charge in [-0.25, -0.2) is 4.98 Å². The molecule has 90 valence electrons. The average Bonchev–Trinajstić information content (AvgIpc) is 1.97. The maximum absolute atomic E-state index is 5.74. The summed E-state index contributed by atoms with van der Waals surface area (Å²) in [6.07, 6.45) is 0. The molecule has 0 aliphatic carbocycles. The van der Waals surface area contributed by atoms with Gasteiger partial charge in [0.25, 0.3) is 0 Å². The summed E-state index contributed by atoms with van der Waals surface area (Å²) in [6, 6.07) is 1.65. The smallest absolute Gasteiger partial charge is 0.219 e. The molecule has 0 aliphatic rings. The van der Waals surface area contributed by atoms with Crippen LogP contribution in [-0.4, -0.2) is 15.6 Å². The van der Waals surface area contributed by atoms with Gasteiger partial charge in [0.05, 0.1) is 0 Å². The third kappa shape index (κ3) is 3.68. The molecule has 0 fully saturated rings. The topological polar surface area (TPSA) is 61.0 Å². The van der Waals surface area contributed by atoms with Gasteiger partial charge in [0.1, 0.15) is 17.2 Å². The molecule has 1 rings (SSSR count). The van der Waals surface area contributed by atoms with Crippen LogP contribution < -0.4 is 10.5 Å². The second kappa shape index (κ2) is 3.92. The fourth-order valence-electron chi connectivity index (χ4n) is 1.14. The summed E-state index contributed by atoms with van der Waals surface area (Å²) in [4.78, 5) is 8.60. The third-order valence-corrected chi connectivity index (χ3v) is 1.80. The average molecular weight is 223 g/mol. The zero-order valence-electron chi connectivity index (χ0n) is 11.0. The minimum Gasteiger partial charge on any atom is -0.472 e. The molecular weight excluding hydrogens is 202 g/mol. The first kappa shape index (κ1) is 12.7. The van der Waals surface area contributed by atoms with Gasteiger partial charge in [-0.15, -0.1) is 0 Å². The van der Waals surface area contributed by atoms with Crippen molar-refractivity contribution in [2.75, 3.05) is 5.73 Å². The van der Waals surface area contributed by atoms with Gasteiger partial charge in [-0.05, 0) is 20.8 Å². The zero-order valence-corrected chi connectivity index (χ0v) is 11.0. The highest BCUT2D eigenvalue weighted by Gasteiger charge is 2.20. The summed E-state index contributed by atoms with van der Waals surface area (Å²) >= 11 is 0. The Morgan fingerprint density at radius 3 is 2.06 bits per heavy atom. The highest BCUT2D eigenvalue weighted by molar-refractivity contribution is 5.34. The van der Waals surface area contributed by atoms with Crippen LogP contribution in [0.4, 0.5) is 5.82 Å². The van der Waals surface area contributed by atoms with Crippen LogP contribution in [0.5, 0.6) is 5.88 Å². The van der Waals surface area contributed by atoms with Crippen LogP contribution >= 0.6 is 0 Å². The molecule has 0 aliphatic heterocycles. The molecule has 16 heavy (non-hydrogen) atoms. The fourth-order valence-corrected chi connectivity index (χ4v) is 1.14. The van der Waals surface area contributed by atoms with E-state index in [-0.39, 0.29) is 11.0 Å². The molecule has 1 aromatic heterocycles. The first-order chi connectivity index (χ1) is 7.08. The van der Waals surface area contributed by atoms with E-state index in [0.29, 0.717) is 17.5 Å². The lowest BCUT2D eigenvalue weighted by atomic mass is 9.96. The molecule has 0 saturated heterocycles. The number of aromatic nitrogens is 2. The van der Waals surface area contributed by atoms with Gasteiger partial charge >= 0.3 is 0 Å². The maximum Gasteiger partial charge on any atom is 0.219 e. The molecule has 0 amide bonds. The lowest BCUT2D eigenvalue weighted by Gasteiger charge is -2.23. The number of hydrogen-bond acceptors (Lipinski definition) is 4. The van der Waals surface area contributed by atoms with E-state index in [1.807, 2.05) is 41.5 Å². The summed E-state index contributed by atoms with van der Waals surface area (Å²) < 4.78 is 5.69. The van der Waals surface area contributed by atoms with E-state index >= 15 is 0 Å². The van der Waals surface area contributed by atoms with E-state index in [1.54, 1.807) is 6.07 Å². The van der Waals surface area contributed by atoms with E-state index in [0.717, 1.165) is 0 Å². The third-order valence-electron chi connectivity index (χ3n) is 1.80. The molecule has 1 heterocycles. The standard InChI is InChI=1S/C12H21N3O/c1-11(2,3)10-14-8(13)7-9(15-10)16-12(4,5)6/h7H,1-6H3,(H2,13,14,15). The Labute approximate surface area is 97.2 Å². The van der Waals surface area contributed by atoms with Crippen molar-refractivity contribution < 1.29 is 4.74 Å². The molecular formula is C12H21N3O. The summed E-state index contributed by atoms with van der Waals surface area (Å²) in [5, 5.41) is 0. The van der Waals surface area contributed by atoms with Crippen molar-refractivity contribution in [3.63, 3.8) is 0 Å². The van der Waals surface area contributed by atoms with Gasteiger partial charge in [-0.3, -0.25) is 0 Å². The first-order valence-electron chi connectivity index (χ1n) is 5.42. The van der Waals surface area contributed by atoms with E-state index in [9.17, 15) is 0 Å². The van der Waals surface area contributed by atoms with Gasteiger partial charge in [-0.1, -0.05) is 20.8 Å². The molecule has 4 heteroatoms. The number of nitrogens with zero attached hydrogens (tertiary/aromatic N) is 2. The predicted octanol–water partition coefficient (Wildman–Crippen LogP) is 2.53. The molecule has 0 atom stereocenters. The van der Waals surface area contributed by atoms with Gasteiger partial charge in [-0.2, -0.15) is 4.98 Å². The SMILES string of the molecule is CC(C)(C)Oc1cc(N)nc(C(C)(C)C)n1. The minimum atomic E-state index is -0.282. The van der Waals surface area contributed by atoms with E-state index in [1.165, 1.54) is 0 Å². The monoisotopic (exact) mass is 223 g/mol. The van der Waals surface area contributed by atoms with Gasteiger partial charge in [0, 0.05) is 11.5 Å². The van der Waals surface area contributed by atoms with Crippen LogP contribution in [0.1, 0.15) is 47.4 Å². The van der Waals surface area contributed by atoms with Crippen molar-refractivity contribution >= 4 is 5.82 Å². The van der Waals surface area contributed by atoms with Crippen LogP contribution in [0.2, 0.25) is 0 Å². The number of anilines is 1. The summed E-state index contributed by atoms with van der Waals surface area (Å²) in [6.45, 7) is 12.1. The second-order valence-electron chi connectivity index (χ2n) is 5.92. The Bertz CT molecular complexity index is 375. The number of nitrogens with two attached hydrogens (primary N) is 1. The Kier molecular flexibility index (Phi) is 3.13. The number of hydrogen-bond donors (Lipinski definition) is 1.